The number of thioether (sulfide) groups is 1. The van der Waals surface area contributed by atoms with Crippen molar-refractivity contribution >= 4 is 29.4 Å². The van der Waals surface area contributed by atoms with Crippen LogP contribution >= 0.6 is 11.8 Å². The first-order chi connectivity index (χ1) is 11.1. The average molecular weight is 330 g/mol. The summed E-state index contributed by atoms with van der Waals surface area (Å²) in [6.07, 6.45) is 0. The maximum absolute atomic E-state index is 12.1. The zero-order valence-electron chi connectivity index (χ0n) is 12.9. The minimum absolute atomic E-state index is 0.355. The zero-order chi connectivity index (χ0) is 16.7. The molecule has 0 saturated heterocycles. The lowest BCUT2D eigenvalue weighted by atomic mass is 10.3. The van der Waals surface area contributed by atoms with Crippen LogP contribution in [-0.4, -0.2) is 24.3 Å². The van der Waals surface area contributed by atoms with Crippen LogP contribution in [0.25, 0.3) is 0 Å². The highest BCUT2D eigenvalue weighted by Gasteiger charge is 2.17. The van der Waals surface area contributed by atoms with E-state index in [1.165, 1.54) is 11.8 Å². The monoisotopic (exact) mass is 330 g/mol. The topological polar surface area (TPSA) is 67.4 Å². The largest absolute Gasteiger partial charge is 0.497 e. The third-order valence-corrected chi connectivity index (χ3v) is 4.09. The molecule has 120 valence electrons. The van der Waals surface area contributed by atoms with E-state index in [-0.39, 0.29) is 5.91 Å². The SMILES string of the molecule is COc1cccc(SC(C)C(=O)NC(=O)Nc2ccccc2)c1. The van der Waals surface area contributed by atoms with Gasteiger partial charge in [0.25, 0.3) is 0 Å². The van der Waals surface area contributed by atoms with Crippen molar-refractivity contribution in [1.29, 1.82) is 0 Å². The molecule has 0 saturated carbocycles. The van der Waals surface area contributed by atoms with Gasteiger partial charge in [-0.1, -0.05) is 24.3 Å². The summed E-state index contributed by atoms with van der Waals surface area (Å²) < 4.78 is 5.15. The van der Waals surface area contributed by atoms with Crippen LogP contribution in [0.1, 0.15) is 6.92 Å². The van der Waals surface area contributed by atoms with Crippen molar-refractivity contribution in [3.63, 3.8) is 0 Å². The highest BCUT2D eigenvalue weighted by molar-refractivity contribution is 8.00. The van der Waals surface area contributed by atoms with Crippen LogP contribution in [0.3, 0.4) is 0 Å². The van der Waals surface area contributed by atoms with Gasteiger partial charge >= 0.3 is 6.03 Å². The van der Waals surface area contributed by atoms with Gasteiger partial charge in [-0.05, 0) is 37.3 Å². The van der Waals surface area contributed by atoms with Crippen molar-refractivity contribution in [2.75, 3.05) is 12.4 Å². The number of carbonyl (C=O) groups excluding carboxylic acids is 2. The van der Waals surface area contributed by atoms with Crippen molar-refractivity contribution in [1.82, 2.24) is 5.32 Å². The quantitative estimate of drug-likeness (QED) is 0.823. The lowest BCUT2D eigenvalue weighted by Crippen LogP contribution is -2.38. The van der Waals surface area contributed by atoms with Crippen LogP contribution in [0.15, 0.2) is 59.5 Å². The maximum Gasteiger partial charge on any atom is 0.325 e. The molecule has 2 rings (SSSR count). The van der Waals surface area contributed by atoms with Crippen LogP contribution in [-0.2, 0) is 4.79 Å². The minimum Gasteiger partial charge on any atom is -0.497 e. The van der Waals surface area contributed by atoms with E-state index >= 15 is 0 Å². The number of para-hydroxylation sites is 1. The Hall–Kier alpha value is -2.47. The number of imide groups is 1. The number of urea groups is 1. The van der Waals surface area contributed by atoms with Crippen LogP contribution < -0.4 is 15.4 Å². The summed E-state index contributed by atoms with van der Waals surface area (Å²) in [6.45, 7) is 1.75. The van der Waals surface area contributed by atoms with E-state index < -0.39 is 11.3 Å². The van der Waals surface area contributed by atoms with Crippen molar-refractivity contribution in [3.05, 3.63) is 54.6 Å². The molecule has 5 nitrogen and oxygen atoms in total. The lowest BCUT2D eigenvalue weighted by Gasteiger charge is -2.12. The van der Waals surface area contributed by atoms with Crippen molar-refractivity contribution in [3.8, 4) is 5.75 Å². The van der Waals surface area contributed by atoms with E-state index in [9.17, 15) is 9.59 Å². The summed E-state index contributed by atoms with van der Waals surface area (Å²) in [5.74, 6) is 0.371. The van der Waals surface area contributed by atoms with E-state index in [1.807, 2.05) is 30.3 Å². The molecular formula is C17H18N2O3S. The van der Waals surface area contributed by atoms with Gasteiger partial charge in [-0.25, -0.2) is 4.79 Å². The zero-order valence-corrected chi connectivity index (χ0v) is 13.7. The molecule has 0 aliphatic rings. The molecule has 2 aromatic carbocycles. The second-order valence-corrected chi connectivity index (χ2v) is 6.16. The number of amides is 3. The Balaban J connectivity index is 1.88. The van der Waals surface area contributed by atoms with Crippen LogP contribution in [0, 0.1) is 0 Å². The van der Waals surface area contributed by atoms with Crippen LogP contribution in [0.5, 0.6) is 5.75 Å². The molecule has 0 bridgehead atoms. The summed E-state index contributed by atoms with van der Waals surface area (Å²) in [7, 11) is 1.59. The second-order valence-electron chi connectivity index (χ2n) is 4.75. The Morgan fingerprint density at radius 3 is 2.52 bits per heavy atom. The normalized spacial score (nSPS) is 11.4. The molecule has 0 spiro atoms. The third-order valence-electron chi connectivity index (χ3n) is 2.99. The number of hydrogen-bond acceptors (Lipinski definition) is 4. The molecule has 0 radical (unpaired) electrons. The standard InChI is InChI=1S/C17H18N2O3S/c1-12(23-15-10-6-9-14(11-15)22-2)16(20)19-17(21)18-13-7-4-3-5-8-13/h3-12H,1-2H3,(H2,18,19,20,21). The van der Waals surface area contributed by atoms with E-state index in [0.717, 1.165) is 10.6 Å². The first kappa shape index (κ1) is 16.9. The Morgan fingerprint density at radius 1 is 1.09 bits per heavy atom. The smallest absolute Gasteiger partial charge is 0.325 e. The van der Waals surface area contributed by atoms with E-state index in [4.69, 9.17) is 4.74 Å². The average Bonchev–Trinajstić information content (AvgIpc) is 2.55. The number of benzene rings is 2. The van der Waals surface area contributed by atoms with Crippen molar-refractivity contribution in [2.45, 2.75) is 17.1 Å². The predicted molar refractivity (Wildman–Crippen MR) is 91.9 cm³/mol. The van der Waals surface area contributed by atoms with Crippen molar-refractivity contribution in [2.24, 2.45) is 0 Å². The molecule has 0 aliphatic heterocycles. The Kier molecular flexibility index (Phi) is 6.05. The number of methoxy groups -OCH3 is 1. The summed E-state index contributed by atoms with van der Waals surface area (Å²) in [6, 6.07) is 15.8. The van der Waals surface area contributed by atoms with E-state index in [0.29, 0.717) is 5.69 Å². The summed E-state index contributed by atoms with van der Waals surface area (Å²) in [4.78, 5) is 24.8. The fraction of sp³-hybridized carbons (Fsp3) is 0.176. The molecule has 2 N–H and O–H groups in total. The summed E-state index contributed by atoms with van der Waals surface area (Å²) in [5.41, 5.74) is 0.630. The number of anilines is 1. The fourth-order valence-corrected chi connectivity index (χ4v) is 2.75. The van der Waals surface area contributed by atoms with Gasteiger partial charge in [0.2, 0.25) is 5.91 Å². The maximum atomic E-state index is 12.1. The predicted octanol–water partition coefficient (Wildman–Crippen LogP) is 3.52. The highest BCUT2D eigenvalue weighted by atomic mass is 32.2. The minimum atomic E-state index is -0.542. The van der Waals surface area contributed by atoms with Crippen LogP contribution in [0.2, 0.25) is 0 Å². The van der Waals surface area contributed by atoms with Gasteiger partial charge in [0.1, 0.15) is 5.75 Å². The van der Waals surface area contributed by atoms with Gasteiger partial charge in [-0.15, -0.1) is 11.8 Å². The lowest BCUT2D eigenvalue weighted by molar-refractivity contribution is -0.119. The summed E-state index contributed by atoms with van der Waals surface area (Å²) in [5, 5.41) is 4.53. The van der Waals surface area contributed by atoms with Crippen molar-refractivity contribution < 1.29 is 14.3 Å². The van der Waals surface area contributed by atoms with E-state index in [1.54, 1.807) is 38.3 Å². The highest BCUT2D eigenvalue weighted by Crippen LogP contribution is 2.26. The Morgan fingerprint density at radius 2 is 1.83 bits per heavy atom. The molecule has 0 heterocycles. The molecule has 23 heavy (non-hydrogen) atoms. The molecule has 0 aliphatic carbocycles. The molecule has 3 amide bonds. The molecule has 0 fully saturated rings. The molecule has 6 heteroatoms. The summed E-state index contributed by atoms with van der Waals surface area (Å²) >= 11 is 1.36. The van der Waals surface area contributed by atoms with Gasteiger partial charge in [0.15, 0.2) is 0 Å². The Bertz CT molecular complexity index is 677. The molecule has 0 aromatic heterocycles. The molecule has 1 unspecified atom stereocenters. The molecule has 1 atom stereocenters. The second kappa shape index (κ2) is 8.24. The molecular weight excluding hydrogens is 312 g/mol. The fourth-order valence-electron chi connectivity index (χ4n) is 1.83. The van der Waals surface area contributed by atoms with Gasteiger partial charge < -0.3 is 10.1 Å². The van der Waals surface area contributed by atoms with Gasteiger partial charge in [0.05, 0.1) is 12.4 Å². The number of ether oxygens (including phenoxy) is 1. The van der Waals surface area contributed by atoms with Gasteiger partial charge in [0, 0.05) is 10.6 Å². The number of carbonyl (C=O) groups is 2. The first-order valence-corrected chi connectivity index (χ1v) is 7.94. The number of nitrogens with one attached hydrogen (secondary N) is 2. The first-order valence-electron chi connectivity index (χ1n) is 7.06. The van der Waals surface area contributed by atoms with Crippen LogP contribution in [0.4, 0.5) is 10.5 Å². The third kappa shape index (κ3) is 5.34. The van der Waals surface area contributed by atoms with Gasteiger partial charge in [-0.3, -0.25) is 10.1 Å². The molecule has 2 aromatic rings. The number of hydrogen-bond donors (Lipinski definition) is 2. The number of rotatable bonds is 5. The van der Waals surface area contributed by atoms with Gasteiger partial charge in [-0.2, -0.15) is 0 Å². The Labute approximate surface area is 139 Å². The van der Waals surface area contributed by atoms with E-state index in [2.05, 4.69) is 10.6 Å².